The second-order valence-electron chi connectivity index (χ2n) is 23.8. The van der Waals surface area contributed by atoms with Crippen LogP contribution >= 0.6 is 34.8 Å². The molecule has 1 aliphatic rings. The highest BCUT2D eigenvalue weighted by Gasteiger charge is 2.35. The van der Waals surface area contributed by atoms with E-state index < -0.39 is 55.1 Å². The van der Waals surface area contributed by atoms with Gasteiger partial charge < -0.3 is 58.6 Å². The molecule has 1 aliphatic heterocycles. The molecule has 6 aromatic carbocycles. The molecule has 27 nitrogen and oxygen atoms in total. The standard InChI is InChI=1S/C24H28ClN3O6.C24H30ClN3O6.C22H26ClN3O6/c1-4-20-6-5-15-27(20)28(31)26-33-16-32-23(30)24(2,3)34-21-13-9-18(10-14-21)22(29)17-7-11-19(25)12-8-17;1-5-6-7-16-27(4)28(31)26-33-17-32-23(30)24(2,3)34-21-14-10-19(11-15-21)22(29)18-8-12-20(25)13-9-18;1-5-14-25(4)26(29)24-31-15-30-21(28)22(2,3)32-19-12-8-17(9-13-19)20(27)16-6-10-18(23)11-7-16/h7-14,20H,4-6,15-16H2,1-3H3;8-15H,5-7,16-17H2,1-4H3;6-13H,5,14-15H2,1-4H3/b2*28-26-;26-24-/t20-;;/m1../s1. The Morgan fingerprint density at radius 2 is 0.760 bits per heavy atom. The van der Waals surface area contributed by atoms with E-state index in [1.54, 1.807) is 165 Å². The van der Waals surface area contributed by atoms with Gasteiger partial charge in [-0.05, 0) is 219 Å². The van der Waals surface area contributed by atoms with Gasteiger partial charge in [-0.2, -0.15) is 0 Å². The highest BCUT2D eigenvalue weighted by Crippen LogP contribution is 2.27. The van der Waals surface area contributed by atoms with Gasteiger partial charge in [-0.15, -0.1) is 15.0 Å². The largest absolute Gasteiger partial charge is 0.569 e. The SMILES string of the molecule is CCCCCN(C)/[N+]([O-])=N/OCOC(=O)C(C)(C)Oc1ccc(C(=O)c2ccc(Cl)cc2)cc1.CCCN(C)/[N+]([O-])=N/OCOC(=O)C(C)(C)Oc1ccc(C(=O)c2ccc(Cl)cc2)cc1.CC[C@@H]1CCCN1/[N+]([O-])=N/OCOC(=O)C(C)(C)Oc1ccc(C(=O)c2ccc(Cl)cc2)cc1. The number of ether oxygens (including phenoxy) is 6. The normalized spacial score (nSPS) is 13.2. The third-order valence-electron chi connectivity index (χ3n) is 14.6. The average molecular weight is 1450 g/mol. The summed E-state index contributed by atoms with van der Waals surface area (Å²) in [5.41, 5.74) is -1.11. The van der Waals surface area contributed by atoms with Crippen LogP contribution in [0.5, 0.6) is 17.2 Å². The van der Waals surface area contributed by atoms with Crippen LogP contribution in [0.1, 0.15) is 155 Å². The van der Waals surface area contributed by atoms with Crippen LogP contribution in [-0.2, 0) is 43.1 Å². The molecule has 0 saturated carbocycles. The third kappa shape index (κ3) is 26.0. The molecule has 0 unspecified atom stereocenters. The molecule has 0 radical (unpaired) electrons. The predicted molar refractivity (Wildman–Crippen MR) is 367 cm³/mol. The number of unbranched alkanes of at least 4 members (excludes halogenated alkanes) is 2. The van der Waals surface area contributed by atoms with Crippen molar-refractivity contribution in [3.8, 4) is 17.2 Å². The fourth-order valence-corrected chi connectivity index (χ4v) is 9.41. The number of carbonyl (C=O) groups excluding carboxylic acids is 6. The molecule has 7 rings (SSSR count). The van der Waals surface area contributed by atoms with Crippen LogP contribution in [0, 0.1) is 15.6 Å². The summed E-state index contributed by atoms with van der Waals surface area (Å²) in [5, 5.41) is 51.3. The Hall–Kier alpha value is -9.99. The van der Waals surface area contributed by atoms with Crippen LogP contribution < -0.4 is 14.2 Å². The molecule has 1 saturated heterocycles. The minimum atomic E-state index is -1.35. The molecule has 1 heterocycles. The monoisotopic (exact) mass is 1440 g/mol. The number of benzene rings is 6. The summed E-state index contributed by atoms with van der Waals surface area (Å²) in [6.45, 7) is 15.2. The van der Waals surface area contributed by atoms with Crippen molar-refractivity contribution in [3.05, 3.63) is 210 Å². The van der Waals surface area contributed by atoms with Crippen LogP contribution in [0.3, 0.4) is 0 Å². The van der Waals surface area contributed by atoms with Crippen LogP contribution in [0.25, 0.3) is 0 Å². The quantitative estimate of drug-likeness (QED) is 0.00529. The maximum atomic E-state index is 12.6. The number of hydrogen-bond donors (Lipinski definition) is 0. The Bertz CT molecular complexity index is 3710. The molecule has 0 aliphatic carbocycles. The molecular weight excluding hydrogens is 1360 g/mol. The van der Waals surface area contributed by atoms with E-state index in [4.69, 9.17) is 77.7 Å². The van der Waals surface area contributed by atoms with E-state index in [1.807, 2.05) is 13.8 Å². The predicted octanol–water partition coefficient (Wildman–Crippen LogP) is 14.5. The highest BCUT2D eigenvalue weighted by atomic mass is 35.5. The van der Waals surface area contributed by atoms with Crippen molar-refractivity contribution in [1.29, 1.82) is 0 Å². The fraction of sp³-hybridized carbons (Fsp3) is 0.400. The maximum Gasteiger partial charge on any atom is 0.352 e. The van der Waals surface area contributed by atoms with Gasteiger partial charge >= 0.3 is 17.9 Å². The number of halogens is 3. The number of hydrogen-bond acceptors (Lipinski definition) is 21. The number of ketones is 3. The van der Waals surface area contributed by atoms with Crippen molar-refractivity contribution in [2.75, 3.05) is 54.1 Å². The first-order valence-corrected chi connectivity index (χ1v) is 33.0. The van der Waals surface area contributed by atoms with E-state index in [-0.39, 0.29) is 28.4 Å². The topological polar surface area (TPSA) is 310 Å². The summed E-state index contributed by atoms with van der Waals surface area (Å²) in [7, 11) is 3.15. The van der Waals surface area contributed by atoms with Crippen molar-refractivity contribution in [2.45, 2.75) is 130 Å². The number of esters is 3. The molecule has 6 aromatic rings. The molecule has 1 atom stereocenters. The molecule has 0 amide bonds. The van der Waals surface area contributed by atoms with Crippen LogP contribution in [0.2, 0.25) is 15.1 Å². The van der Waals surface area contributed by atoms with E-state index in [9.17, 15) is 44.4 Å². The van der Waals surface area contributed by atoms with Crippen molar-refractivity contribution >= 4 is 70.1 Å². The molecule has 0 aromatic heterocycles. The number of carbonyl (C=O) groups is 6. The molecule has 538 valence electrons. The van der Waals surface area contributed by atoms with Gasteiger partial charge in [0, 0.05) is 48.4 Å². The minimum Gasteiger partial charge on any atom is -0.569 e. The van der Waals surface area contributed by atoms with Gasteiger partial charge in [-0.1, -0.05) is 68.4 Å². The summed E-state index contributed by atoms with van der Waals surface area (Å²) in [6, 6.07) is 39.1. The summed E-state index contributed by atoms with van der Waals surface area (Å²) >= 11 is 17.6. The van der Waals surface area contributed by atoms with E-state index in [1.165, 1.54) is 51.6 Å². The Morgan fingerprint density at radius 1 is 0.460 bits per heavy atom. The first-order chi connectivity index (χ1) is 47.5. The van der Waals surface area contributed by atoms with Gasteiger partial charge in [0.25, 0.3) is 20.4 Å². The molecule has 100 heavy (non-hydrogen) atoms. The van der Waals surface area contributed by atoms with Crippen LogP contribution in [0.15, 0.2) is 161 Å². The lowest BCUT2D eigenvalue weighted by Gasteiger charge is -2.24. The molecule has 0 N–H and O–H groups in total. The number of nitrogens with zero attached hydrogens (tertiary/aromatic N) is 9. The smallest absolute Gasteiger partial charge is 0.352 e. The van der Waals surface area contributed by atoms with Gasteiger partial charge in [0.15, 0.2) is 34.2 Å². The number of hydrazine groups is 3. The lowest BCUT2D eigenvalue weighted by atomic mass is 10.0. The summed E-state index contributed by atoms with van der Waals surface area (Å²) in [5.74, 6) is -1.48. The Labute approximate surface area is 595 Å². The zero-order valence-corrected chi connectivity index (χ0v) is 59.9. The van der Waals surface area contributed by atoms with Gasteiger partial charge in [-0.3, -0.25) is 14.4 Å². The minimum absolute atomic E-state index is 0.132. The van der Waals surface area contributed by atoms with Gasteiger partial charge in [0.2, 0.25) is 15.8 Å². The first kappa shape index (κ1) is 80.7. The molecular formula is C70H84Cl3N9O18. The lowest BCUT2D eigenvalue weighted by Crippen LogP contribution is -2.40. The first-order valence-electron chi connectivity index (χ1n) is 31.9. The summed E-state index contributed by atoms with van der Waals surface area (Å²) in [4.78, 5) is 90.1. The van der Waals surface area contributed by atoms with Crippen LogP contribution in [0.4, 0.5) is 0 Å². The average Bonchev–Trinajstić information content (AvgIpc) is 1.08. The van der Waals surface area contributed by atoms with E-state index in [2.05, 4.69) is 22.8 Å². The van der Waals surface area contributed by atoms with Crippen molar-refractivity contribution in [1.82, 2.24) is 15.0 Å². The summed E-state index contributed by atoms with van der Waals surface area (Å²) < 4.78 is 32.2. The molecule has 0 bridgehead atoms. The van der Waals surface area contributed by atoms with Crippen molar-refractivity contribution in [3.63, 3.8) is 0 Å². The fourth-order valence-electron chi connectivity index (χ4n) is 9.03. The van der Waals surface area contributed by atoms with E-state index in [0.717, 1.165) is 44.9 Å². The molecule has 1 fully saturated rings. The molecule has 30 heteroatoms. The maximum absolute atomic E-state index is 12.6. The Morgan fingerprint density at radius 3 is 1.06 bits per heavy atom. The highest BCUT2D eigenvalue weighted by molar-refractivity contribution is 6.31. The van der Waals surface area contributed by atoms with E-state index in [0.29, 0.717) is 95.3 Å². The Balaban J connectivity index is 0.000000271. The van der Waals surface area contributed by atoms with Gasteiger partial charge in [0.1, 0.15) is 17.2 Å². The van der Waals surface area contributed by atoms with Crippen LogP contribution in [-0.4, -0.2) is 142 Å². The van der Waals surface area contributed by atoms with Gasteiger partial charge in [-0.25, -0.2) is 14.4 Å². The molecule has 0 spiro atoms. The third-order valence-corrected chi connectivity index (χ3v) is 15.4. The van der Waals surface area contributed by atoms with Crippen molar-refractivity contribution in [2.24, 2.45) is 15.8 Å². The zero-order chi connectivity index (χ0) is 73.6. The second kappa shape index (κ2) is 39.6. The van der Waals surface area contributed by atoms with Gasteiger partial charge in [0.05, 0.1) is 54.7 Å². The second-order valence-corrected chi connectivity index (χ2v) is 25.1. The zero-order valence-electron chi connectivity index (χ0n) is 57.6. The number of rotatable bonds is 34. The Kier molecular flexibility index (Phi) is 31.9. The van der Waals surface area contributed by atoms with Crippen molar-refractivity contribution < 1.29 is 86.6 Å². The summed E-state index contributed by atoms with van der Waals surface area (Å²) in [6.07, 6.45) is 6.36. The van der Waals surface area contributed by atoms with E-state index >= 15 is 0 Å². The lowest BCUT2D eigenvalue weighted by molar-refractivity contribution is -0.715.